The average Bonchev–Trinajstić information content (AvgIpc) is 3.11. The molecule has 0 N–H and O–H groups in total. The molecule has 0 amide bonds. The van der Waals surface area contributed by atoms with Crippen LogP contribution in [0.5, 0.6) is 11.5 Å². The monoisotopic (exact) mass is 408 g/mol. The Hall–Kier alpha value is -2.52. The van der Waals surface area contributed by atoms with Crippen molar-refractivity contribution in [1.82, 2.24) is 0 Å². The first kappa shape index (κ1) is 24.5. The molecule has 0 aliphatic carbocycles. The number of ether oxygens (including phenoxy) is 2. The molecule has 1 heterocycles. The Morgan fingerprint density at radius 2 is 1.59 bits per heavy atom. The zero-order valence-electron chi connectivity index (χ0n) is 16.3. The van der Waals surface area contributed by atoms with Crippen LogP contribution in [-0.4, -0.2) is 31.1 Å². The van der Waals surface area contributed by atoms with Gasteiger partial charge in [0, 0.05) is 31.0 Å². The van der Waals surface area contributed by atoms with Gasteiger partial charge in [0.25, 0.3) is 0 Å². The van der Waals surface area contributed by atoms with Crippen molar-refractivity contribution in [3.8, 4) is 11.5 Å². The molecule has 0 atom stereocenters. The Bertz CT molecular complexity index is 1050. The van der Waals surface area contributed by atoms with Gasteiger partial charge in [0.05, 0.1) is 5.39 Å². The quantitative estimate of drug-likeness (QED) is 0.232. The van der Waals surface area contributed by atoms with Gasteiger partial charge in [0.1, 0.15) is 12.5 Å². The van der Waals surface area contributed by atoms with Crippen LogP contribution in [0.3, 0.4) is 0 Å². The van der Waals surface area contributed by atoms with Crippen LogP contribution in [0.4, 0.5) is 0 Å². The average molecular weight is 408 g/mol. The number of esters is 2. The van der Waals surface area contributed by atoms with E-state index < -0.39 is 18.5 Å². The van der Waals surface area contributed by atoms with Crippen molar-refractivity contribution in [2.45, 2.75) is 20.3 Å². The standard InChI is InChI=1S/C19H15O7.CH2O.Na/c1-10(21)15-9-14-17(26-16(23)7-8-20)12-5-3-4-6-13(12)18(19(14)25-15)24-11(2)22;1-2;/h3-6,9H,7-8H2,1-2H3;1H2;/q-1;;+1. The largest absolute Gasteiger partial charge is 1.00 e. The molecule has 2 aromatic carbocycles. The van der Waals surface area contributed by atoms with Gasteiger partial charge < -0.3 is 23.8 Å². The Balaban J connectivity index is 0.00000136. The molecule has 1 aromatic heterocycles. The second-order valence-electron chi connectivity index (χ2n) is 5.64. The van der Waals surface area contributed by atoms with Gasteiger partial charge in [-0.1, -0.05) is 24.3 Å². The summed E-state index contributed by atoms with van der Waals surface area (Å²) in [7, 11) is 0. The Labute approximate surface area is 188 Å². The predicted molar refractivity (Wildman–Crippen MR) is 97.3 cm³/mol. The molecule has 0 bridgehead atoms. The topological polar surface area (TPSA) is 123 Å². The van der Waals surface area contributed by atoms with Gasteiger partial charge in [0.2, 0.25) is 0 Å². The predicted octanol–water partition coefficient (Wildman–Crippen LogP) is -0.811. The molecule has 0 saturated heterocycles. The maximum Gasteiger partial charge on any atom is 1.00 e. The fourth-order valence-corrected chi connectivity index (χ4v) is 2.65. The zero-order chi connectivity index (χ0) is 20.8. The molecule has 29 heavy (non-hydrogen) atoms. The van der Waals surface area contributed by atoms with Crippen LogP contribution in [0.15, 0.2) is 34.7 Å². The van der Waals surface area contributed by atoms with Crippen LogP contribution in [0.1, 0.15) is 30.8 Å². The van der Waals surface area contributed by atoms with E-state index >= 15 is 0 Å². The fourth-order valence-electron chi connectivity index (χ4n) is 2.65. The van der Waals surface area contributed by atoms with Gasteiger partial charge >= 0.3 is 41.5 Å². The molecule has 0 aliphatic rings. The van der Waals surface area contributed by atoms with E-state index in [1.54, 1.807) is 24.3 Å². The maximum atomic E-state index is 11.9. The summed E-state index contributed by atoms with van der Waals surface area (Å²) in [6, 6.07) is 8.23. The number of rotatable bonds is 5. The van der Waals surface area contributed by atoms with Crippen molar-refractivity contribution in [2.75, 3.05) is 6.61 Å². The summed E-state index contributed by atoms with van der Waals surface area (Å²) in [5, 5.41) is 12.0. The van der Waals surface area contributed by atoms with E-state index in [1.165, 1.54) is 19.9 Å². The first-order valence-electron chi connectivity index (χ1n) is 8.17. The number of furan rings is 1. The Morgan fingerprint density at radius 3 is 2.10 bits per heavy atom. The number of hydrogen-bond donors (Lipinski definition) is 0. The van der Waals surface area contributed by atoms with E-state index in [0.717, 1.165) is 0 Å². The SMILES string of the molecule is C=O.CC(=O)Oc1c2ccccc2c(OC(=O)CC[O-])c2cc(C(C)=O)oc12.[Na+]. The molecular formula is C20H17NaO8. The summed E-state index contributed by atoms with van der Waals surface area (Å²) in [5.74, 6) is -1.27. The van der Waals surface area contributed by atoms with Gasteiger partial charge in [0.15, 0.2) is 22.9 Å². The number of carbonyl (C=O) groups is 4. The number of benzene rings is 2. The molecule has 0 aliphatic heterocycles. The minimum Gasteiger partial charge on any atom is -0.854 e. The van der Waals surface area contributed by atoms with Crippen LogP contribution < -0.4 is 44.1 Å². The second-order valence-corrected chi connectivity index (χ2v) is 5.64. The third-order valence-corrected chi connectivity index (χ3v) is 3.71. The summed E-state index contributed by atoms with van der Waals surface area (Å²) >= 11 is 0. The van der Waals surface area contributed by atoms with Crippen LogP contribution in [0.2, 0.25) is 0 Å². The number of carbonyl (C=O) groups excluding carboxylic acids is 4. The molecule has 0 fully saturated rings. The van der Waals surface area contributed by atoms with E-state index in [4.69, 9.17) is 18.7 Å². The normalized spacial score (nSPS) is 9.90. The van der Waals surface area contributed by atoms with Crippen molar-refractivity contribution < 1.29 is 67.7 Å². The molecule has 3 aromatic rings. The zero-order valence-corrected chi connectivity index (χ0v) is 18.3. The molecule has 0 saturated carbocycles. The maximum absolute atomic E-state index is 11.9. The van der Waals surface area contributed by atoms with Crippen molar-refractivity contribution in [2.24, 2.45) is 0 Å². The van der Waals surface area contributed by atoms with E-state index in [9.17, 15) is 19.5 Å². The molecule has 0 radical (unpaired) electrons. The smallest absolute Gasteiger partial charge is 0.854 e. The van der Waals surface area contributed by atoms with E-state index in [-0.39, 0.29) is 64.6 Å². The third-order valence-electron chi connectivity index (χ3n) is 3.71. The third kappa shape index (κ3) is 5.30. The van der Waals surface area contributed by atoms with Crippen LogP contribution in [0.25, 0.3) is 21.7 Å². The summed E-state index contributed by atoms with van der Waals surface area (Å²) < 4.78 is 16.3. The van der Waals surface area contributed by atoms with Crippen LogP contribution in [0, 0.1) is 0 Å². The minimum atomic E-state index is -0.697. The Kier molecular flexibility index (Phi) is 9.19. The molecule has 9 heteroatoms. The summed E-state index contributed by atoms with van der Waals surface area (Å²) in [6.45, 7) is 3.97. The van der Waals surface area contributed by atoms with Crippen molar-refractivity contribution in [3.05, 3.63) is 36.1 Å². The van der Waals surface area contributed by atoms with Crippen molar-refractivity contribution >= 4 is 46.3 Å². The second kappa shape index (κ2) is 10.9. The van der Waals surface area contributed by atoms with E-state index in [1.807, 2.05) is 6.79 Å². The summed E-state index contributed by atoms with van der Waals surface area (Å²) in [5.41, 5.74) is 0.119. The van der Waals surface area contributed by atoms with E-state index in [0.29, 0.717) is 16.2 Å². The van der Waals surface area contributed by atoms with Gasteiger partial charge in [-0.05, 0) is 6.07 Å². The van der Waals surface area contributed by atoms with Crippen LogP contribution >= 0.6 is 0 Å². The Morgan fingerprint density at radius 1 is 1.00 bits per heavy atom. The fraction of sp³-hybridized carbons (Fsp3) is 0.200. The number of hydrogen-bond acceptors (Lipinski definition) is 8. The molecule has 146 valence electrons. The summed E-state index contributed by atoms with van der Waals surface area (Å²) in [6.07, 6.45) is -0.293. The number of Topliss-reactive ketones (excluding diaryl/α,β-unsaturated/α-hetero) is 1. The van der Waals surface area contributed by atoms with Crippen molar-refractivity contribution in [1.29, 1.82) is 0 Å². The van der Waals surface area contributed by atoms with Gasteiger partial charge in [-0.25, -0.2) is 0 Å². The molecular weight excluding hydrogens is 391 g/mol. The molecule has 3 rings (SSSR count). The van der Waals surface area contributed by atoms with Gasteiger partial charge in [-0.2, -0.15) is 0 Å². The first-order valence-corrected chi connectivity index (χ1v) is 8.17. The number of ketones is 1. The first-order chi connectivity index (χ1) is 13.4. The minimum absolute atomic E-state index is 0. The number of fused-ring (bicyclic) bond motifs is 2. The van der Waals surface area contributed by atoms with E-state index in [2.05, 4.69) is 0 Å². The van der Waals surface area contributed by atoms with Gasteiger partial charge in [-0.3, -0.25) is 14.4 Å². The molecule has 0 spiro atoms. The van der Waals surface area contributed by atoms with Crippen molar-refractivity contribution in [3.63, 3.8) is 0 Å². The summed E-state index contributed by atoms with van der Waals surface area (Å²) in [4.78, 5) is 43.2. The van der Waals surface area contributed by atoms with Gasteiger partial charge in [-0.15, -0.1) is 6.61 Å². The molecule has 0 unspecified atom stereocenters. The van der Waals surface area contributed by atoms with Crippen LogP contribution in [-0.2, 0) is 14.4 Å². The molecule has 8 nitrogen and oxygen atoms in total.